The molecule has 0 saturated carbocycles. The fourth-order valence-corrected chi connectivity index (χ4v) is 2.80. The number of carboxylic acid groups (broad SMARTS) is 1. The van der Waals surface area contributed by atoms with Crippen LogP contribution < -0.4 is 14.9 Å². The maximum Gasteiger partial charge on any atom is 0.341 e. The van der Waals surface area contributed by atoms with Gasteiger partial charge in [0.05, 0.1) is 13.3 Å². The van der Waals surface area contributed by atoms with Crippen LogP contribution in [0.5, 0.6) is 11.5 Å². The number of amides is 1. The molecule has 2 aromatic carbocycles. The van der Waals surface area contributed by atoms with E-state index in [-0.39, 0.29) is 11.5 Å². The number of hydrazone groups is 1. The molecule has 0 spiro atoms. The van der Waals surface area contributed by atoms with Gasteiger partial charge in [-0.25, -0.2) is 10.2 Å². The van der Waals surface area contributed by atoms with Crippen LogP contribution in [0.4, 0.5) is 0 Å². The van der Waals surface area contributed by atoms with Gasteiger partial charge in [0.1, 0.15) is 5.58 Å². The molecule has 2 N–H and O–H groups in total. The first-order valence-corrected chi connectivity index (χ1v) is 8.81. The number of rotatable bonds is 7. The molecule has 144 valence electrons. The second kappa shape index (κ2) is 8.57. The van der Waals surface area contributed by atoms with Crippen molar-refractivity contribution in [1.29, 1.82) is 0 Å². The molecule has 0 saturated heterocycles. The summed E-state index contributed by atoms with van der Waals surface area (Å²) in [6.07, 6.45) is 1.41. The van der Waals surface area contributed by atoms with E-state index in [0.29, 0.717) is 21.4 Å². The number of hydrogen-bond donors (Lipinski definition) is 2. The second-order valence-electron chi connectivity index (χ2n) is 5.55. The topological polar surface area (TPSA) is 110 Å². The average molecular weight is 447 g/mol. The Balaban J connectivity index is 1.72. The third kappa shape index (κ3) is 4.49. The number of ether oxygens (including phenoxy) is 2. The third-order valence-corrected chi connectivity index (χ3v) is 4.34. The van der Waals surface area contributed by atoms with Gasteiger partial charge >= 0.3 is 11.9 Å². The molecule has 8 nitrogen and oxygen atoms in total. The van der Waals surface area contributed by atoms with Crippen LogP contribution >= 0.6 is 15.9 Å². The van der Waals surface area contributed by atoms with Gasteiger partial charge in [-0.1, -0.05) is 18.2 Å². The van der Waals surface area contributed by atoms with Crippen LogP contribution in [0.25, 0.3) is 11.0 Å². The van der Waals surface area contributed by atoms with Crippen molar-refractivity contribution in [2.45, 2.75) is 0 Å². The zero-order valence-corrected chi connectivity index (χ0v) is 16.2. The maximum absolute atomic E-state index is 12.2. The van der Waals surface area contributed by atoms with Gasteiger partial charge in [-0.2, -0.15) is 5.10 Å². The van der Waals surface area contributed by atoms with Crippen molar-refractivity contribution in [2.24, 2.45) is 5.10 Å². The summed E-state index contributed by atoms with van der Waals surface area (Å²) in [5.74, 6) is -0.851. The number of nitrogens with one attached hydrogen (secondary N) is 1. The molecule has 0 bridgehead atoms. The van der Waals surface area contributed by atoms with Gasteiger partial charge < -0.3 is 19.0 Å². The lowest BCUT2D eigenvalue weighted by Crippen LogP contribution is -2.16. The van der Waals surface area contributed by atoms with Gasteiger partial charge in [-0.3, -0.25) is 4.79 Å². The Labute approximate surface area is 167 Å². The number of halogens is 1. The number of aliphatic carboxylic acids is 1. The number of nitrogens with zero attached hydrogens (tertiary/aromatic N) is 1. The summed E-state index contributed by atoms with van der Waals surface area (Å²) in [7, 11) is 1.43. The average Bonchev–Trinajstić information content (AvgIpc) is 3.12. The van der Waals surface area contributed by atoms with E-state index >= 15 is 0 Å². The van der Waals surface area contributed by atoms with Crippen LogP contribution in [0.15, 0.2) is 56.5 Å². The predicted octanol–water partition coefficient (Wildman–Crippen LogP) is 3.43. The Kier molecular flexibility index (Phi) is 5.95. The summed E-state index contributed by atoms with van der Waals surface area (Å²) < 4.78 is 16.4. The minimum atomic E-state index is -1.10. The highest BCUT2D eigenvalue weighted by molar-refractivity contribution is 9.10. The molecular formula is C19H15BrN2O6. The van der Waals surface area contributed by atoms with Crippen LogP contribution in [-0.2, 0) is 4.79 Å². The first kappa shape index (κ1) is 19.4. The summed E-state index contributed by atoms with van der Waals surface area (Å²) >= 11 is 3.35. The largest absolute Gasteiger partial charge is 0.493 e. The number of benzene rings is 2. The van der Waals surface area contributed by atoms with Crippen LogP contribution in [0.2, 0.25) is 0 Å². The first-order chi connectivity index (χ1) is 13.5. The van der Waals surface area contributed by atoms with Crippen molar-refractivity contribution >= 4 is 45.0 Å². The number of para-hydroxylation sites is 1. The molecule has 0 aliphatic rings. The molecule has 1 heterocycles. The lowest BCUT2D eigenvalue weighted by atomic mass is 10.2. The van der Waals surface area contributed by atoms with Gasteiger partial charge in [-0.15, -0.1) is 0 Å². The Hall–Kier alpha value is -3.33. The van der Waals surface area contributed by atoms with Crippen molar-refractivity contribution in [2.75, 3.05) is 13.7 Å². The van der Waals surface area contributed by atoms with E-state index in [9.17, 15) is 9.59 Å². The van der Waals surface area contributed by atoms with Crippen molar-refractivity contribution in [3.63, 3.8) is 0 Å². The number of fused-ring (bicyclic) bond motifs is 1. The smallest absolute Gasteiger partial charge is 0.341 e. The summed E-state index contributed by atoms with van der Waals surface area (Å²) in [5.41, 5.74) is 3.59. The highest BCUT2D eigenvalue weighted by atomic mass is 79.9. The monoisotopic (exact) mass is 446 g/mol. The van der Waals surface area contributed by atoms with Gasteiger partial charge in [0, 0.05) is 15.4 Å². The van der Waals surface area contributed by atoms with E-state index in [1.165, 1.54) is 13.3 Å². The minimum absolute atomic E-state index is 0.146. The van der Waals surface area contributed by atoms with E-state index in [4.69, 9.17) is 19.0 Å². The van der Waals surface area contributed by atoms with Gasteiger partial charge in [-0.05, 0) is 40.2 Å². The lowest BCUT2D eigenvalue weighted by Gasteiger charge is -2.11. The normalized spacial score (nSPS) is 10.9. The van der Waals surface area contributed by atoms with Crippen LogP contribution in [-0.4, -0.2) is 36.9 Å². The molecule has 28 heavy (non-hydrogen) atoms. The number of methoxy groups -OCH3 is 1. The number of furan rings is 1. The number of carbonyl (C=O) groups is 2. The van der Waals surface area contributed by atoms with Crippen molar-refractivity contribution < 1.29 is 28.6 Å². The molecule has 0 fully saturated rings. The quantitative estimate of drug-likeness (QED) is 0.424. The molecule has 1 aromatic heterocycles. The third-order valence-electron chi connectivity index (χ3n) is 3.65. The van der Waals surface area contributed by atoms with E-state index < -0.39 is 18.5 Å². The summed E-state index contributed by atoms with van der Waals surface area (Å²) in [5, 5.41) is 13.5. The highest BCUT2D eigenvalue weighted by Gasteiger charge is 2.13. The second-order valence-corrected chi connectivity index (χ2v) is 6.41. The van der Waals surface area contributed by atoms with Crippen LogP contribution in [0.1, 0.15) is 16.1 Å². The summed E-state index contributed by atoms with van der Waals surface area (Å²) in [6.45, 7) is -0.496. The molecule has 0 aliphatic carbocycles. The van der Waals surface area contributed by atoms with Gasteiger partial charge in [0.15, 0.2) is 23.9 Å². The highest BCUT2D eigenvalue weighted by Crippen LogP contribution is 2.32. The molecule has 0 radical (unpaired) electrons. The Morgan fingerprint density at radius 3 is 2.75 bits per heavy atom. The summed E-state index contributed by atoms with van der Waals surface area (Å²) in [6, 6.07) is 12.1. The predicted molar refractivity (Wildman–Crippen MR) is 105 cm³/mol. The number of carbonyl (C=O) groups excluding carboxylic acids is 1. The Morgan fingerprint density at radius 1 is 1.25 bits per heavy atom. The van der Waals surface area contributed by atoms with Crippen molar-refractivity contribution in [1.82, 2.24) is 5.43 Å². The molecule has 9 heteroatoms. The molecule has 0 aliphatic heterocycles. The van der Waals surface area contributed by atoms with Gasteiger partial charge in [0.2, 0.25) is 0 Å². The Bertz CT molecular complexity index is 1030. The molecule has 1 amide bonds. The molecule has 0 atom stereocenters. The maximum atomic E-state index is 12.2. The van der Waals surface area contributed by atoms with E-state index in [2.05, 4.69) is 26.5 Å². The molecule has 3 aromatic rings. The SMILES string of the molecule is COc1cc(/C=N/NC(=O)c2cc3ccccc3o2)c(Br)cc1OCC(=O)O. The first-order valence-electron chi connectivity index (χ1n) is 8.02. The molecule has 0 unspecified atom stereocenters. The van der Waals surface area contributed by atoms with E-state index in [0.717, 1.165) is 5.39 Å². The standard InChI is InChI=1S/C19H15BrN2O6/c1-26-15-7-12(13(20)8-16(15)27-10-18(23)24)9-21-22-19(25)17-6-11-4-2-3-5-14(11)28-17/h2-9H,10H2,1H3,(H,22,25)(H,23,24)/b21-9+. The zero-order chi connectivity index (χ0) is 20.1. The lowest BCUT2D eigenvalue weighted by molar-refractivity contribution is -0.139. The molecule has 3 rings (SSSR count). The number of hydrogen-bond acceptors (Lipinski definition) is 6. The van der Waals surface area contributed by atoms with Crippen LogP contribution in [0.3, 0.4) is 0 Å². The number of carboxylic acids is 1. The minimum Gasteiger partial charge on any atom is -0.493 e. The van der Waals surface area contributed by atoms with E-state index in [1.807, 2.05) is 18.2 Å². The van der Waals surface area contributed by atoms with Crippen LogP contribution in [0, 0.1) is 0 Å². The van der Waals surface area contributed by atoms with Gasteiger partial charge in [0.25, 0.3) is 0 Å². The summed E-state index contributed by atoms with van der Waals surface area (Å²) in [4.78, 5) is 22.8. The Morgan fingerprint density at radius 2 is 2.04 bits per heavy atom. The fourth-order valence-electron chi connectivity index (χ4n) is 2.37. The molecular weight excluding hydrogens is 432 g/mol. The van der Waals surface area contributed by atoms with E-state index in [1.54, 1.807) is 24.3 Å². The zero-order valence-electron chi connectivity index (χ0n) is 14.6. The van der Waals surface area contributed by atoms with Crippen molar-refractivity contribution in [3.05, 3.63) is 58.3 Å². The van der Waals surface area contributed by atoms with Crippen molar-refractivity contribution in [3.8, 4) is 11.5 Å². The fraction of sp³-hybridized carbons (Fsp3) is 0.105.